The highest BCUT2D eigenvalue weighted by molar-refractivity contribution is 6.34. The fourth-order valence-electron chi connectivity index (χ4n) is 4.06. The first-order valence-corrected chi connectivity index (χ1v) is 11.8. The van der Waals surface area contributed by atoms with Crippen LogP contribution in [0.5, 0.6) is 0 Å². The molecule has 0 aliphatic rings. The summed E-state index contributed by atoms with van der Waals surface area (Å²) in [4.78, 5) is 13.2. The molecule has 3 rings (SSSR count). The second-order valence-electron chi connectivity index (χ2n) is 9.25. The Kier molecular flexibility index (Phi) is 9.56. The van der Waals surface area contributed by atoms with Gasteiger partial charge in [-0.15, -0.1) is 0 Å². The second-order valence-corrected chi connectivity index (χ2v) is 9.65. The first kappa shape index (κ1) is 26.9. The van der Waals surface area contributed by atoms with Crippen LogP contribution in [0.3, 0.4) is 0 Å². The Bertz CT molecular complexity index is 1030. The van der Waals surface area contributed by atoms with E-state index < -0.39 is 5.60 Å². The third kappa shape index (κ3) is 6.61. The maximum Gasteiger partial charge on any atom is 0.159 e. The number of alkyl halides is 1. The zero-order valence-corrected chi connectivity index (χ0v) is 21.4. The van der Waals surface area contributed by atoms with Crippen molar-refractivity contribution in [2.75, 3.05) is 12.5 Å². The van der Waals surface area contributed by atoms with Crippen LogP contribution < -0.4 is 5.32 Å². The van der Waals surface area contributed by atoms with Crippen LogP contribution in [0.4, 0.5) is 10.1 Å². The summed E-state index contributed by atoms with van der Waals surface area (Å²) in [6.45, 7) is 12.4. The predicted octanol–water partition coefficient (Wildman–Crippen LogP) is 7.03. The molecule has 33 heavy (non-hydrogen) atoms. The van der Waals surface area contributed by atoms with Crippen molar-refractivity contribution in [3.63, 3.8) is 0 Å². The molecular weight excluding hydrogens is 439 g/mol. The number of nitrogens with zero attached hydrogens (tertiary/aromatic N) is 3. The number of pyridine rings is 1. The number of aromatic nitrogens is 3. The lowest BCUT2D eigenvalue weighted by molar-refractivity contribution is 0.0687. The molecule has 0 saturated carbocycles. The van der Waals surface area contributed by atoms with Gasteiger partial charge in [-0.1, -0.05) is 51.8 Å². The first-order valence-electron chi connectivity index (χ1n) is 11.4. The highest BCUT2D eigenvalue weighted by Gasteiger charge is 2.23. The Labute approximate surface area is 201 Å². The van der Waals surface area contributed by atoms with Gasteiger partial charge in [0.2, 0.25) is 0 Å². The average Bonchev–Trinajstić information content (AvgIpc) is 2.79. The van der Waals surface area contributed by atoms with Crippen LogP contribution in [0.1, 0.15) is 60.2 Å². The molecule has 0 spiro atoms. The Morgan fingerprint density at radius 3 is 2.21 bits per heavy atom. The number of halogens is 2. The van der Waals surface area contributed by atoms with E-state index in [1.165, 1.54) is 0 Å². The Hall–Kier alpha value is -2.31. The number of benzene rings is 1. The van der Waals surface area contributed by atoms with Gasteiger partial charge in [0.1, 0.15) is 5.60 Å². The smallest absolute Gasteiger partial charge is 0.159 e. The molecule has 2 atom stereocenters. The molecule has 2 unspecified atom stereocenters. The Balaban J connectivity index is 0.00000187. The quantitative estimate of drug-likeness (QED) is 0.366. The normalized spacial score (nSPS) is 13.4. The van der Waals surface area contributed by atoms with E-state index in [-0.39, 0.29) is 0 Å². The summed E-state index contributed by atoms with van der Waals surface area (Å²) < 4.78 is 9.50. The molecule has 2 heterocycles. The van der Waals surface area contributed by atoms with Gasteiger partial charge in [-0.3, -0.25) is 9.37 Å². The molecule has 0 amide bonds. The number of hydrogen-bond donors (Lipinski definition) is 2. The van der Waals surface area contributed by atoms with Gasteiger partial charge in [-0.05, 0) is 49.8 Å². The van der Waals surface area contributed by atoms with E-state index in [0.717, 1.165) is 40.6 Å². The number of hydrogen-bond acceptors (Lipinski definition) is 5. The summed E-state index contributed by atoms with van der Waals surface area (Å²) in [5, 5.41) is 15.5. The lowest BCUT2D eigenvalue weighted by atomic mass is 9.88. The number of rotatable bonds is 8. The maximum absolute atomic E-state index is 10.1. The molecule has 0 saturated heterocycles. The summed E-state index contributed by atoms with van der Waals surface area (Å²) >= 11 is 6.63. The molecular formula is C26H36ClFN4O. The van der Waals surface area contributed by atoms with Crippen molar-refractivity contribution >= 4 is 28.2 Å². The van der Waals surface area contributed by atoms with Crippen molar-refractivity contribution in [1.29, 1.82) is 0 Å². The van der Waals surface area contributed by atoms with Crippen molar-refractivity contribution in [2.45, 2.75) is 66.0 Å². The standard InChI is InChI=1S/C25H33ClN4O.CH3F/c1-7-8-16(4)22(15(2)3)30-23-19-11-17(9-10-21(19)27-14-20(23)26)18-12-28-24(29-13-18)25(5,6)31;1-2/h9-16,22,31H,7-8H2,1-6H3,(H,27,30);1H3. The van der Waals surface area contributed by atoms with Gasteiger partial charge in [0.25, 0.3) is 0 Å². The minimum Gasteiger partial charge on any atom is -0.382 e. The first-order chi connectivity index (χ1) is 15.6. The molecule has 0 bridgehead atoms. The van der Waals surface area contributed by atoms with E-state index in [1.54, 1.807) is 32.4 Å². The van der Waals surface area contributed by atoms with E-state index in [1.807, 2.05) is 12.1 Å². The van der Waals surface area contributed by atoms with Crippen molar-refractivity contribution in [3.05, 3.63) is 47.6 Å². The van der Waals surface area contributed by atoms with Gasteiger partial charge in [0.05, 0.1) is 23.4 Å². The van der Waals surface area contributed by atoms with Crippen molar-refractivity contribution in [1.82, 2.24) is 15.0 Å². The SMILES string of the molecule is CCCC(C)C(Nc1c(Cl)cnc2ccc(-c3cnc(C(C)(C)O)nc3)cc12)C(C)C.CF. The maximum atomic E-state index is 10.1. The number of nitrogens with one attached hydrogen (secondary N) is 1. The van der Waals surface area contributed by atoms with E-state index in [2.05, 4.69) is 54.0 Å². The molecule has 7 heteroatoms. The third-order valence-electron chi connectivity index (χ3n) is 5.74. The van der Waals surface area contributed by atoms with Crippen molar-refractivity contribution in [3.8, 4) is 11.1 Å². The predicted molar refractivity (Wildman–Crippen MR) is 136 cm³/mol. The van der Waals surface area contributed by atoms with Gasteiger partial charge in [0.15, 0.2) is 5.82 Å². The molecule has 0 aliphatic heterocycles. The van der Waals surface area contributed by atoms with Crippen LogP contribution in [-0.4, -0.2) is 33.3 Å². The largest absolute Gasteiger partial charge is 0.382 e. The average molecular weight is 475 g/mol. The van der Waals surface area contributed by atoms with Gasteiger partial charge >= 0.3 is 0 Å². The fraction of sp³-hybridized carbons (Fsp3) is 0.500. The highest BCUT2D eigenvalue weighted by atomic mass is 35.5. The molecule has 3 aromatic rings. The van der Waals surface area contributed by atoms with Gasteiger partial charge in [-0.2, -0.15) is 0 Å². The summed E-state index contributed by atoms with van der Waals surface area (Å²) in [5.74, 6) is 1.39. The lowest BCUT2D eigenvalue weighted by Gasteiger charge is -2.30. The molecule has 0 aliphatic carbocycles. The van der Waals surface area contributed by atoms with Crippen LogP contribution in [0.2, 0.25) is 5.02 Å². The van der Waals surface area contributed by atoms with E-state index in [4.69, 9.17) is 11.6 Å². The minimum absolute atomic E-state index is 0.307. The molecule has 5 nitrogen and oxygen atoms in total. The van der Waals surface area contributed by atoms with Crippen LogP contribution >= 0.6 is 11.6 Å². The number of aliphatic hydroxyl groups is 1. The lowest BCUT2D eigenvalue weighted by Crippen LogP contribution is -2.32. The minimum atomic E-state index is -1.07. The van der Waals surface area contributed by atoms with Gasteiger partial charge in [-0.25, -0.2) is 9.97 Å². The molecule has 2 aromatic heterocycles. The summed E-state index contributed by atoms with van der Waals surface area (Å²) in [7, 11) is 0.500. The van der Waals surface area contributed by atoms with Gasteiger partial charge < -0.3 is 10.4 Å². The fourth-order valence-corrected chi connectivity index (χ4v) is 4.26. The van der Waals surface area contributed by atoms with Crippen LogP contribution in [0, 0.1) is 11.8 Å². The zero-order valence-electron chi connectivity index (χ0n) is 20.7. The molecule has 2 N–H and O–H groups in total. The molecule has 1 aromatic carbocycles. The van der Waals surface area contributed by atoms with Crippen molar-refractivity contribution < 1.29 is 9.50 Å². The summed E-state index contributed by atoms with van der Waals surface area (Å²) in [5.41, 5.74) is 2.59. The number of fused-ring (bicyclic) bond motifs is 1. The summed E-state index contributed by atoms with van der Waals surface area (Å²) in [6.07, 6.45) is 7.52. The highest BCUT2D eigenvalue weighted by Crippen LogP contribution is 2.35. The third-order valence-corrected chi connectivity index (χ3v) is 6.03. The van der Waals surface area contributed by atoms with Crippen molar-refractivity contribution in [2.24, 2.45) is 11.8 Å². The Morgan fingerprint density at radius 1 is 1.03 bits per heavy atom. The van der Waals surface area contributed by atoms with E-state index >= 15 is 0 Å². The number of anilines is 1. The molecule has 0 radical (unpaired) electrons. The molecule has 180 valence electrons. The van der Waals surface area contributed by atoms with E-state index in [0.29, 0.717) is 35.9 Å². The Morgan fingerprint density at radius 2 is 1.67 bits per heavy atom. The topological polar surface area (TPSA) is 70.9 Å². The molecule has 0 fully saturated rings. The van der Waals surface area contributed by atoms with E-state index in [9.17, 15) is 9.50 Å². The summed E-state index contributed by atoms with van der Waals surface area (Å²) in [6, 6.07) is 6.40. The zero-order chi connectivity index (χ0) is 24.8. The second kappa shape index (κ2) is 11.7. The van der Waals surface area contributed by atoms with Gasteiger partial charge in [0, 0.05) is 35.6 Å². The van der Waals surface area contributed by atoms with Crippen LogP contribution in [-0.2, 0) is 5.60 Å². The monoisotopic (exact) mass is 474 g/mol. The van der Waals surface area contributed by atoms with Crippen LogP contribution in [0.15, 0.2) is 36.8 Å². The van der Waals surface area contributed by atoms with Crippen LogP contribution in [0.25, 0.3) is 22.0 Å².